The smallest absolute Gasteiger partial charge is 0.320 e. The van der Waals surface area contributed by atoms with Crippen LogP contribution in [0.1, 0.15) is 33.6 Å². The molecule has 0 aromatic rings. The summed E-state index contributed by atoms with van der Waals surface area (Å²) in [5, 5.41) is 1.56. The molecule has 0 saturated carbocycles. The molecule has 100 valence electrons. The highest BCUT2D eigenvalue weighted by atomic mass is 16.7. The Morgan fingerprint density at radius 2 is 2.00 bits per heavy atom. The van der Waals surface area contributed by atoms with Crippen LogP contribution < -0.4 is 0 Å². The zero-order valence-electron chi connectivity index (χ0n) is 11.3. The van der Waals surface area contributed by atoms with Crippen LogP contribution in [-0.4, -0.2) is 41.5 Å². The predicted molar refractivity (Wildman–Crippen MR) is 70.0 cm³/mol. The van der Waals surface area contributed by atoms with Gasteiger partial charge in [0.25, 0.3) is 0 Å². The minimum atomic E-state index is -0.275. The summed E-state index contributed by atoms with van der Waals surface area (Å²) in [4.78, 5) is 23.5. The Kier molecular flexibility index (Phi) is 3.59. The first-order valence-corrected chi connectivity index (χ1v) is 6.44. The van der Waals surface area contributed by atoms with Crippen molar-refractivity contribution in [3.63, 3.8) is 0 Å². The number of nitrogens with zero attached hydrogens (tertiary/aromatic N) is 3. The third kappa shape index (κ3) is 2.83. The number of rotatable bonds is 1. The highest BCUT2D eigenvalue weighted by molar-refractivity contribution is 5.72. The molecule has 1 amide bonds. The number of amides is 1. The molecule has 0 spiro atoms. The molecule has 1 atom stereocenters. The molecule has 0 bridgehead atoms. The van der Waals surface area contributed by atoms with Crippen LogP contribution >= 0.6 is 0 Å². The van der Waals surface area contributed by atoms with Crippen molar-refractivity contribution in [2.75, 3.05) is 13.1 Å². The van der Waals surface area contributed by atoms with Gasteiger partial charge < -0.3 is 9.74 Å². The molecule has 1 fully saturated rings. The molecule has 2 rings (SSSR count). The molecule has 1 saturated heterocycles. The van der Waals surface area contributed by atoms with Crippen molar-refractivity contribution >= 4 is 12.3 Å². The number of hydrogen-bond acceptors (Lipinski definition) is 4. The van der Waals surface area contributed by atoms with Gasteiger partial charge in [-0.15, -0.1) is 0 Å². The molecular weight excluding hydrogens is 230 g/mol. The van der Waals surface area contributed by atoms with Gasteiger partial charge in [-0.1, -0.05) is 20.8 Å². The lowest BCUT2D eigenvalue weighted by molar-refractivity contribution is -0.124. The summed E-state index contributed by atoms with van der Waals surface area (Å²) in [6.45, 7) is 7.81. The number of allylic oxidation sites excluding steroid dienone is 1. The van der Waals surface area contributed by atoms with Crippen molar-refractivity contribution in [1.29, 1.82) is 0 Å². The summed E-state index contributed by atoms with van der Waals surface area (Å²) in [7, 11) is 0. The molecule has 0 N–H and O–H groups in total. The fraction of sp³-hybridized carbons (Fsp3) is 0.692. The molecular formula is C13H21N3O2. The number of aliphatic imine (C=N–C) groups is 1. The molecule has 5 heteroatoms. The summed E-state index contributed by atoms with van der Waals surface area (Å²) >= 11 is 0. The normalized spacial score (nSPS) is 23.6. The average Bonchev–Trinajstić information content (AvgIpc) is 2.81. The van der Waals surface area contributed by atoms with E-state index < -0.39 is 0 Å². The largest absolute Gasteiger partial charge is 0.434 e. The van der Waals surface area contributed by atoms with E-state index in [1.165, 1.54) is 0 Å². The average molecular weight is 251 g/mol. The second-order valence-corrected chi connectivity index (χ2v) is 5.79. The first kappa shape index (κ1) is 12.9. The van der Waals surface area contributed by atoms with Gasteiger partial charge in [0, 0.05) is 30.9 Å². The van der Waals surface area contributed by atoms with E-state index in [1.807, 2.05) is 0 Å². The predicted octanol–water partition coefficient (Wildman–Crippen LogP) is 2.41. The number of hydrogen-bond donors (Lipinski definition) is 0. The van der Waals surface area contributed by atoms with E-state index in [1.54, 1.807) is 28.5 Å². The molecule has 2 aliphatic rings. The van der Waals surface area contributed by atoms with Crippen LogP contribution in [0.3, 0.4) is 0 Å². The van der Waals surface area contributed by atoms with Gasteiger partial charge in [-0.25, -0.2) is 4.79 Å². The third-order valence-electron chi connectivity index (χ3n) is 3.11. The second-order valence-electron chi connectivity index (χ2n) is 5.79. The van der Waals surface area contributed by atoms with Gasteiger partial charge >= 0.3 is 6.09 Å². The topological polar surface area (TPSA) is 45.1 Å². The first-order chi connectivity index (χ1) is 8.48. The standard InChI is InChI=1S/C13H21N3O2/c1-13(2,3)11-14-7-6-10-16(11)18-12(17)15-8-4-5-9-15/h6-7,10-11H,4-5,8-9H2,1-3H3. The van der Waals surface area contributed by atoms with Crippen LogP contribution in [0.2, 0.25) is 0 Å². The van der Waals surface area contributed by atoms with Gasteiger partial charge in [0.1, 0.15) is 0 Å². The number of likely N-dealkylation sites (tertiary alicyclic amines) is 1. The zero-order valence-corrected chi connectivity index (χ0v) is 11.3. The lowest BCUT2D eigenvalue weighted by atomic mass is 9.92. The van der Waals surface area contributed by atoms with E-state index in [9.17, 15) is 4.79 Å². The Morgan fingerprint density at radius 1 is 1.33 bits per heavy atom. The molecule has 18 heavy (non-hydrogen) atoms. The maximum Gasteiger partial charge on any atom is 0.434 e. The van der Waals surface area contributed by atoms with Gasteiger partial charge in [0.05, 0.1) is 0 Å². The van der Waals surface area contributed by atoms with E-state index >= 15 is 0 Å². The maximum atomic E-state index is 12.0. The van der Waals surface area contributed by atoms with Crippen molar-refractivity contribution in [1.82, 2.24) is 9.96 Å². The zero-order chi connectivity index (χ0) is 13.2. The van der Waals surface area contributed by atoms with Crippen LogP contribution in [-0.2, 0) is 4.84 Å². The van der Waals surface area contributed by atoms with Gasteiger partial charge in [0.15, 0.2) is 6.17 Å². The Labute approximate surface area is 108 Å². The van der Waals surface area contributed by atoms with Crippen LogP contribution in [0.4, 0.5) is 4.79 Å². The number of carbonyl (C=O) groups excluding carboxylic acids is 1. The molecule has 2 heterocycles. The summed E-state index contributed by atoms with van der Waals surface area (Å²) in [5.41, 5.74) is -0.0907. The van der Waals surface area contributed by atoms with Crippen molar-refractivity contribution in [2.45, 2.75) is 39.8 Å². The molecule has 0 radical (unpaired) electrons. The maximum absolute atomic E-state index is 12.0. The van der Waals surface area contributed by atoms with E-state index in [-0.39, 0.29) is 17.7 Å². The Balaban J connectivity index is 2.00. The fourth-order valence-corrected chi connectivity index (χ4v) is 2.14. The fourth-order valence-electron chi connectivity index (χ4n) is 2.14. The highest BCUT2D eigenvalue weighted by Gasteiger charge is 2.33. The first-order valence-electron chi connectivity index (χ1n) is 6.44. The molecule has 1 unspecified atom stereocenters. The van der Waals surface area contributed by atoms with Crippen LogP contribution in [0.15, 0.2) is 17.3 Å². The Hall–Kier alpha value is -1.52. The molecule has 2 aliphatic heterocycles. The van der Waals surface area contributed by atoms with Crippen LogP contribution in [0.25, 0.3) is 0 Å². The van der Waals surface area contributed by atoms with E-state index in [4.69, 9.17) is 4.84 Å². The van der Waals surface area contributed by atoms with Crippen molar-refractivity contribution in [3.05, 3.63) is 12.3 Å². The quantitative estimate of drug-likeness (QED) is 0.719. The minimum absolute atomic E-state index is 0.0907. The Morgan fingerprint density at radius 3 is 2.61 bits per heavy atom. The summed E-state index contributed by atoms with van der Waals surface area (Å²) in [6.07, 6.45) is 6.96. The van der Waals surface area contributed by atoms with Crippen LogP contribution in [0, 0.1) is 5.41 Å². The lowest BCUT2D eigenvalue weighted by Gasteiger charge is -2.36. The Bertz CT molecular complexity index is 365. The summed E-state index contributed by atoms with van der Waals surface area (Å²) < 4.78 is 0. The monoisotopic (exact) mass is 251 g/mol. The van der Waals surface area contributed by atoms with Crippen molar-refractivity contribution in [2.24, 2.45) is 10.4 Å². The van der Waals surface area contributed by atoms with Gasteiger partial charge in [-0.2, -0.15) is 5.06 Å². The molecule has 5 nitrogen and oxygen atoms in total. The highest BCUT2D eigenvalue weighted by Crippen LogP contribution is 2.27. The van der Waals surface area contributed by atoms with E-state index in [2.05, 4.69) is 25.8 Å². The molecule has 0 aliphatic carbocycles. The summed E-state index contributed by atoms with van der Waals surface area (Å²) in [5.74, 6) is 0. The van der Waals surface area contributed by atoms with Crippen molar-refractivity contribution in [3.8, 4) is 0 Å². The van der Waals surface area contributed by atoms with E-state index in [0.29, 0.717) is 0 Å². The SMILES string of the molecule is CC(C)(C)C1N=CC=CN1OC(=O)N1CCCC1. The molecule has 0 aromatic heterocycles. The lowest BCUT2D eigenvalue weighted by Crippen LogP contribution is -2.44. The summed E-state index contributed by atoms with van der Waals surface area (Å²) in [6, 6.07) is 0. The van der Waals surface area contributed by atoms with Gasteiger partial charge in [0.2, 0.25) is 0 Å². The minimum Gasteiger partial charge on any atom is -0.320 e. The van der Waals surface area contributed by atoms with Gasteiger partial charge in [-0.05, 0) is 18.9 Å². The number of carbonyl (C=O) groups is 1. The second kappa shape index (κ2) is 5.00. The number of hydroxylamine groups is 2. The molecule has 0 aromatic carbocycles. The third-order valence-corrected chi connectivity index (χ3v) is 3.11. The van der Waals surface area contributed by atoms with E-state index in [0.717, 1.165) is 25.9 Å². The van der Waals surface area contributed by atoms with Gasteiger partial charge in [-0.3, -0.25) is 4.99 Å². The van der Waals surface area contributed by atoms with Crippen LogP contribution in [0.5, 0.6) is 0 Å². The van der Waals surface area contributed by atoms with Crippen molar-refractivity contribution < 1.29 is 9.63 Å².